The van der Waals surface area contributed by atoms with Crippen LogP contribution in [0.25, 0.3) is 22.0 Å². The van der Waals surface area contributed by atoms with Gasteiger partial charge in [0.15, 0.2) is 11.4 Å². The van der Waals surface area contributed by atoms with E-state index in [4.69, 9.17) is 15.1 Å². The first kappa shape index (κ1) is 17.9. The van der Waals surface area contributed by atoms with Gasteiger partial charge in [-0.15, -0.1) is 0 Å². The van der Waals surface area contributed by atoms with Gasteiger partial charge in [-0.25, -0.2) is 4.98 Å². The minimum absolute atomic E-state index is 0.113. The number of aromatic nitrogens is 4. The summed E-state index contributed by atoms with van der Waals surface area (Å²) in [5, 5.41) is 22.0. The number of β-amino-alcohol motifs (C(OH)–C–C–N with tert-alkyl or cyclic N) is 1. The van der Waals surface area contributed by atoms with Gasteiger partial charge in [0.05, 0.1) is 23.6 Å². The Morgan fingerprint density at radius 3 is 3.07 bits per heavy atom. The van der Waals surface area contributed by atoms with Crippen LogP contribution in [-0.2, 0) is 0 Å². The van der Waals surface area contributed by atoms with Gasteiger partial charge < -0.3 is 25.5 Å². The second-order valence-electron chi connectivity index (χ2n) is 7.50. The molecule has 4 aromatic rings. The molecule has 0 amide bonds. The first-order valence-corrected chi connectivity index (χ1v) is 9.72. The topological polar surface area (TPSA) is 129 Å². The fourth-order valence-electron chi connectivity index (χ4n) is 3.93. The van der Waals surface area contributed by atoms with Crippen LogP contribution in [0.3, 0.4) is 0 Å². The number of rotatable bonds is 4. The van der Waals surface area contributed by atoms with Crippen molar-refractivity contribution in [3.8, 4) is 0 Å². The number of fused-ring (bicyclic) bond motifs is 2. The first-order valence-electron chi connectivity index (χ1n) is 9.72. The number of furan rings is 1. The number of nitrogens with zero attached hydrogens (tertiary/aromatic N) is 4. The number of H-pyrrole nitrogens is 1. The molecular formula is C20H23N7O2. The average Bonchev–Trinajstić information content (AvgIpc) is 3.34. The number of aliphatic hydroxyl groups excluding tert-OH is 1. The number of nitrogens with one attached hydrogen (secondary N) is 2. The van der Waals surface area contributed by atoms with Crippen molar-refractivity contribution in [3.05, 3.63) is 36.2 Å². The lowest BCUT2D eigenvalue weighted by molar-refractivity contribution is 0.0971. The maximum Gasteiger partial charge on any atom is 0.229 e. The number of anilines is 3. The zero-order valence-corrected chi connectivity index (χ0v) is 16.1. The van der Waals surface area contributed by atoms with Crippen LogP contribution in [0.15, 0.2) is 34.9 Å². The lowest BCUT2D eigenvalue weighted by Gasteiger charge is -2.36. The van der Waals surface area contributed by atoms with Crippen molar-refractivity contribution in [2.75, 3.05) is 29.9 Å². The van der Waals surface area contributed by atoms with Gasteiger partial charge in [-0.1, -0.05) is 0 Å². The van der Waals surface area contributed by atoms with Crippen LogP contribution in [0.5, 0.6) is 0 Å². The Kier molecular flexibility index (Phi) is 4.33. The van der Waals surface area contributed by atoms with Crippen molar-refractivity contribution in [2.45, 2.75) is 19.4 Å². The number of hydrogen-bond acceptors (Lipinski definition) is 8. The summed E-state index contributed by atoms with van der Waals surface area (Å²) in [4.78, 5) is 11.3. The summed E-state index contributed by atoms with van der Waals surface area (Å²) in [5.74, 6) is 1.26. The number of benzene rings is 1. The minimum Gasteiger partial charge on any atom is -0.459 e. The van der Waals surface area contributed by atoms with E-state index in [9.17, 15) is 5.11 Å². The third-order valence-electron chi connectivity index (χ3n) is 5.62. The van der Waals surface area contributed by atoms with Gasteiger partial charge >= 0.3 is 0 Å². The van der Waals surface area contributed by atoms with Crippen LogP contribution in [0.4, 0.5) is 17.5 Å². The average molecular weight is 393 g/mol. The molecule has 1 saturated heterocycles. The molecule has 1 fully saturated rings. The Labute approximate surface area is 166 Å². The Balaban J connectivity index is 1.48. The van der Waals surface area contributed by atoms with E-state index >= 15 is 0 Å². The van der Waals surface area contributed by atoms with E-state index in [-0.39, 0.29) is 5.92 Å². The van der Waals surface area contributed by atoms with E-state index in [2.05, 4.69) is 20.5 Å². The van der Waals surface area contributed by atoms with Crippen LogP contribution in [0.1, 0.15) is 12.1 Å². The number of hydrogen-bond donors (Lipinski definition) is 4. The second kappa shape index (κ2) is 7.02. The maximum absolute atomic E-state index is 10.4. The van der Waals surface area contributed by atoms with E-state index in [0.29, 0.717) is 36.0 Å². The van der Waals surface area contributed by atoms with Gasteiger partial charge in [0.1, 0.15) is 5.52 Å². The van der Waals surface area contributed by atoms with Crippen molar-refractivity contribution >= 4 is 39.5 Å². The van der Waals surface area contributed by atoms with Crippen molar-refractivity contribution in [3.63, 3.8) is 0 Å². The highest BCUT2D eigenvalue weighted by atomic mass is 16.3. The molecule has 1 aliphatic heterocycles. The van der Waals surface area contributed by atoms with E-state index in [0.717, 1.165) is 35.2 Å². The molecule has 150 valence electrons. The molecule has 1 aromatic carbocycles. The molecule has 0 aliphatic carbocycles. The number of piperidine rings is 1. The predicted molar refractivity (Wildman–Crippen MR) is 111 cm³/mol. The van der Waals surface area contributed by atoms with E-state index in [1.54, 1.807) is 6.26 Å². The zero-order chi connectivity index (χ0) is 20.0. The number of aliphatic hydroxyl groups is 1. The molecule has 29 heavy (non-hydrogen) atoms. The fraction of sp³-hybridized carbons (Fsp3) is 0.350. The van der Waals surface area contributed by atoms with Crippen molar-refractivity contribution in [1.29, 1.82) is 0 Å². The van der Waals surface area contributed by atoms with Gasteiger partial charge in [-0.05, 0) is 38.1 Å². The molecule has 3 aromatic heterocycles. The maximum atomic E-state index is 10.4. The van der Waals surface area contributed by atoms with Gasteiger partial charge in [-0.3, -0.25) is 5.10 Å². The van der Waals surface area contributed by atoms with Gasteiger partial charge in [0.25, 0.3) is 0 Å². The van der Waals surface area contributed by atoms with Crippen molar-refractivity contribution in [2.24, 2.45) is 11.7 Å². The summed E-state index contributed by atoms with van der Waals surface area (Å²) >= 11 is 0. The normalized spacial score (nSPS) is 19.9. The Bertz CT molecular complexity index is 1170. The van der Waals surface area contributed by atoms with Gasteiger partial charge in [0, 0.05) is 36.1 Å². The number of aryl methyl sites for hydroxylation is 1. The molecule has 0 saturated carbocycles. The Morgan fingerprint density at radius 2 is 2.24 bits per heavy atom. The van der Waals surface area contributed by atoms with Crippen molar-refractivity contribution in [1.82, 2.24) is 20.2 Å². The zero-order valence-electron chi connectivity index (χ0n) is 16.1. The Morgan fingerprint density at radius 1 is 1.34 bits per heavy atom. The lowest BCUT2D eigenvalue weighted by Crippen LogP contribution is -2.46. The highest BCUT2D eigenvalue weighted by Gasteiger charge is 2.29. The Hall–Kier alpha value is -3.17. The summed E-state index contributed by atoms with van der Waals surface area (Å²) in [6, 6.07) is 7.79. The standard InChI is InChI=1S/C20H23N7O2/c1-11-14-3-2-13(8-16(14)26-25-11)22-20-23-15-5-7-29-18(15)19(24-20)27-6-4-12(9-21)17(28)10-27/h2-3,5,7-8,12,17,28H,4,6,9-10,21H2,1H3,(H,25,26)(H,22,23,24)/t12-,17+/m0/s1. The SMILES string of the molecule is Cc1n[nH]c2cc(Nc3nc(N4CC[C@@H](CN)[C@H](O)C4)c4occc4n3)ccc12. The highest BCUT2D eigenvalue weighted by Crippen LogP contribution is 2.31. The third-order valence-corrected chi connectivity index (χ3v) is 5.62. The quantitative estimate of drug-likeness (QED) is 0.416. The minimum atomic E-state index is -0.490. The summed E-state index contributed by atoms with van der Waals surface area (Å²) in [5.41, 5.74) is 9.87. The molecule has 0 bridgehead atoms. The third kappa shape index (κ3) is 3.18. The van der Waals surface area contributed by atoms with Crippen LogP contribution < -0.4 is 16.0 Å². The van der Waals surface area contributed by atoms with E-state index < -0.39 is 6.10 Å². The summed E-state index contributed by atoms with van der Waals surface area (Å²) in [6.45, 7) is 3.67. The molecule has 5 N–H and O–H groups in total. The monoisotopic (exact) mass is 393 g/mol. The predicted octanol–water partition coefficient (Wildman–Crippen LogP) is 2.30. The van der Waals surface area contributed by atoms with Crippen molar-refractivity contribution < 1.29 is 9.52 Å². The highest BCUT2D eigenvalue weighted by molar-refractivity contribution is 5.87. The molecule has 2 atom stereocenters. The van der Waals surface area contributed by atoms with Crippen LogP contribution in [-0.4, -0.2) is 51.0 Å². The molecule has 4 heterocycles. The molecule has 9 nitrogen and oxygen atoms in total. The molecule has 0 unspecified atom stereocenters. The van der Waals surface area contributed by atoms with Crippen LogP contribution >= 0.6 is 0 Å². The molecule has 1 aliphatic rings. The largest absolute Gasteiger partial charge is 0.459 e. The molecule has 0 spiro atoms. The van der Waals surface area contributed by atoms with Gasteiger partial charge in [0.2, 0.25) is 5.95 Å². The van der Waals surface area contributed by atoms with Gasteiger partial charge in [-0.2, -0.15) is 10.1 Å². The molecule has 9 heteroatoms. The van der Waals surface area contributed by atoms with E-state index in [1.165, 1.54) is 0 Å². The first-order chi connectivity index (χ1) is 14.1. The molecular weight excluding hydrogens is 370 g/mol. The van der Waals surface area contributed by atoms with Crippen LogP contribution in [0, 0.1) is 12.8 Å². The smallest absolute Gasteiger partial charge is 0.229 e. The molecule has 0 radical (unpaired) electrons. The lowest BCUT2D eigenvalue weighted by atomic mass is 9.94. The number of nitrogens with two attached hydrogens (primary N) is 1. The summed E-state index contributed by atoms with van der Waals surface area (Å²) in [6.07, 6.45) is 1.92. The van der Waals surface area contributed by atoms with E-state index in [1.807, 2.05) is 36.1 Å². The summed E-state index contributed by atoms with van der Waals surface area (Å²) < 4.78 is 5.64. The fourth-order valence-corrected chi connectivity index (χ4v) is 3.93. The molecule has 5 rings (SSSR count). The van der Waals surface area contributed by atoms with Crippen LogP contribution in [0.2, 0.25) is 0 Å². The second-order valence-corrected chi connectivity index (χ2v) is 7.50. The number of aromatic amines is 1. The summed E-state index contributed by atoms with van der Waals surface area (Å²) in [7, 11) is 0.